The molecule has 0 fully saturated rings. The summed E-state index contributed by atoms with van der Waals surface area (Å²) in [4.78, 5) is 26.9. The van der Waals surface area contributed by atoms with Gasteiger partial charge in [0.1, 0.15) is 0 Å². The first-order valence-electron chi connectivity index (χ1n) is 5.63. The van der Waals surface area contributed by atoms with E-state index in [9.17, 15) is 9.59 Å². The number of hydrogen-bond acceptors (Lipinski definition) is 5. The van der Waals surface area contributed by atoms with E-state index in [0.29, 0.717) is 5.71 Å². The average molecular weight is 261 g/mol. The van der Waals surface area contributed by atoms with Gasteiger partial charge in [-0.25, -0.2) is 9.59 Å². The Morgan fingerprint density at radius 2 is 1.84 bits per heavy atom. The maximum atomic E-state index is 11.3. The molecule has 0 amide bonds. The zero-order valence-corrected chi connectivity index (χ0v) is 10.9. The summed E-state index contributed by atoms with van der Waals surface area (Å²) in [6.07, 6.45) is 0. The van der Waals surface area contributed by atoms with Gasteiger partial charge in [-0.05, 0) is 19.4 Å². The lowest BCUT2D eigenvalue weighted by Crippen LogP contribution is -2.15. The van der Waals surface area contributed by atoms with Crippen LogP contribution in [0.4, 0.5) is 0 Å². The van der Waals surface area contributed by atoms with E-state index < -0.39 is 18.5 Å². The molecule has 0 aliphatic heterocycles. The molecule has 1 aromatic carbocycles. The third-order valence-electron chi connectivity index (χ3n) is 2.15. The third-order valence-corrected chi connectivity index (χ3v) is 2.15. The molecule has 0 aliphatic carbocycles. The van der Waals surface area contributed by atoms with Gasteiger partial charge < -0.3 is 9.57 Å². The smallest absolute Gasteiger partial charge is 0.372 e. The minimum atomic E-state index is -0.745. The summed E-state index contributed by atoms with van der Waals surface area (Å²) < 4.78 is 4.62. The predicted molar refractivity (Wildman–Crippen MR) is 70.5 cm³/mol. The summed E-state index contributed by atoms with van der Waals surface area (Å²) in [5.41, 5.74) is 1.62. The van der Waals surface area contributed by atoms with Crippen molar-refractivity contribution in [2.24, 2.45) is 5.16 Å². The molecule has 1 rings (SSSR count). The van der Waals surface area contributed by atoms with E-state index >= 15 is 0 Å². The minimum Gasteiger partial charge on any atom is -0.450 e. The summed E-state index contributed by atoms with van der Waals surface area (Å²) in [5, 5.41) is 3.67. The Bertz CT molecular complexity index is 505. The Hall–Kier alpha value is -2.43. The molecule has 19 heavy (non-hydrogen) atoms. The SMILES string of the molecule is C=C(C)C(=O)OCC(=O)O/N=C(\C)c1ccccc1. The molecular weight excluding hydrogens is 246 g/mol. The van der Waals surface area contributed by atoms with Gasteiger partial charge >= 0.3 is 11.9 Å². The van der Waals surface area contributed by atoms with Crippen LogP contribution in [0.1, 0.15) is 19.4 Å². The van der Waals surface area contributed by atoms with Crippen molar-refractivity contribution in [1.29, 1.82) is 0 Å². The Kier molecular flexibility index (Phi) is 5.47. The van der Waals surface area contributed by atoms with Gasteiger partial charge in [-0.3, -0.25) is 0 Å². The van der Waals surface area contributed by atoms with E-state index in [4.69, 9.17) is 0 Å². The number of oxime groups is 1. The summed E-state index contributed by atoms with van der Waals surface area (Å²) in [5.74, 6) is -1.38. The maximum Gasteiger partial charge on any atom is 0.372 e. The summed E-state index contributed by atoms with van der Waals surface area (Å²) in [6, 6.07) is 9.26. The lowest BCUT2D eigenvalue weighted by atomic mass is 10.1. The highest BCUT2D eigenvalue weighted by molar-refractivity contribution is 5.98. The monoisotopic (exact) mass is 261 g/mol. The van der Waals surface area contributed by atoms with Crippen molar-refractivity contribution in [2.75, 3.05) is 6.61 Å². The molecule has 0 aliphatic rings. The lowest BCUT2D eigenvalue weighted by molar-refractivity contribution is -0.156. The van der Waals surface area contributed by atoms with Crippen molar-refractivity contribution in [3.05, 3.63) is 48.0 Å². The highest BCUT2D eigenvalue weighted by Gasteiger charge is 2.09. The van der Waals surface area contributed by atoms with Crippen molar-refractivity contribution < 1.29 is 19.2 Å². The number of benzene rings is 1. The molecule has 0 saturated heterocycles. The molecule has 0 unspecified atom stereocenters. The van der Waals surface area contributed by atoms with Crippen LogP contribution in [-0.2, 0) is 19.2 Å². The van der Waals surface area contributed by atoms with Crippen LogP contribution < -0.4 is 0 Å². The highest BCUT2D eigenvalue weighted by atomic mass is 16.7. The van der Waals surface area contributed by atoms with Crippen molar-refractivity contribution in [1.82, 2.24) is 0 Å². The molecule has 0 atom stereocenters. The quantitative estimate of drug-likeness (QED) is 0.267. The number of esters is 1. The fourth-order valence-corrected chi connectivity index (χ4v) is 1.13. The summed E-state index contributed by atoms with van der Waals surface area (Å²) in [7, 11) is 0. The first-order valence-corrected chi connectivity index (χ1v) is 5.63. The van der Waals surface area contributed by atoms with Crippen LogP contribution in [-0.4, -0.2) is 24.3 Å². The lowest BCUT2D eigenvalue weighted by Gasteiger charge is -2.03. The van der Waals surface area contributed by atoms with E-state index in [1.165, 1.54) is 6.92 Å². The molecule has 0 saturated carbocycles. The molecule has 0 radical (unpaired) electrons. The zero-order valence-electron chi connectivity index (χ0n) is 10.9. The first-order chi connectivity index (χ1) is 9.00. The number of hydrogen-bond donors (Lipinski definition) is 0. The normalized spacial score (nSPS) is 10.7. The molecule has 0 spiro atoms. The molecule has 0 aromatic heterocycles. The van der Waals surface area contributed by atoms with E-state index in [2.05, 4.69) is 21.3 Å². The third kappa shape index (κ3) is 5.16. The van der Waals surface area contributed by atoms with Crippen molar-refractivity contribution >= 4 is 17.7 Å². The van der Waals surface area contributed by atoms with Gasteiger partial charge in [-0.2, -0.15) is 0 Å². The van der Waals surface area contributed by atoms with Gasteiger partial charge in [0.05, 0.1) is 5.71 Å². The second-order valence-corrected chi connectivity index (χ2v) is 3.86. The first kappa shape index (κ1) is 14.6. The van der Waals surface area contributed by atoms with Crippen LogP contribution in [0.2, 0.25) is 0 Å². The topological polar surface area (TPSA) is 65.0 Å². The van der Waals surface area contributed by atoms with E-state index in [0.717, 1.165) is 5.56 Å². The van der Waals surface area contributed by atoms with Gasteiger partial charge in [-0.1, -0.05) is 42.1 Å². The van der Waals surface area contributed by atoms with Crippen molar-refractivity contribution in [3.63, 3.8) is 0 Å². The van der Waals surface area contributed by atoms with Crippen LogP contribution in [0, 0.1) is 0 Å². The zero-order chi connectivity index (χ0) is 14.3. The molecule has 0 heterocycles. The molecule has 5 nitrogen and oxygen atoms in total. The highest BCUT2D eigenvalue weighted by Crippen LogP contribution is 2.01. The fraction of sp³-hybridized carbons (Fsp3) is 0.214. The van der Waals surface area contributed by atoms with Gasteiger partial charge in [0.15, 0.2) is 6.61 Å². The number of nitrogens with zero attached hydrogens (tertiary/aromatic N) is 1. The van der Waals surface area contributed by atoms with Crippen LogP contribution in [0.3, 0.4) is 0 Å². The molecule has 100 valence electrons. The fourth-order valence-electron chi connectivity index (χ4n) is 1.13. The van der Waals surface area contributed by atoms with Gasteiger partial charge in [0, 0.05) is 5.57 Å². The van der Waals surface area contributed by atoms with Crippen LogP contribution in [0.15, 0.2) is 47.6 Å². The van der Waals surface area contributed by atoms with Gasteiger partial charge in [0.2, 0.25) is 0 Å². The number of carbonyl (C=O) groups excluding carboxylic acids is 2. The van der Waals surface area contributed by atoms with Crippen molar-refractivity contribution in [3.8, 4) is 0 Å². The number of ether oxygens (including phenoxy) is 1. The van der Waals surface area contributed by atoms with Crippen molar-refractivity contribution in [2.45, 2.75) is 13.8 Å². The van der Waals surface area contributed by atoms with Crippen LogP contribution >= 0.6 is 0 Å². The Morgan fingerprint density at radius 1 is 1.21 bits per heavy atom. The van der Waals surface area contributed by atoms with E-state index in [1.54, 1.807) is 6.92 Å². The Balaban J connectivity index is 2.46. The molecule has 0 N–H and O–H groups in total. The molecule has 1 aromatic rings. The summed E-state index contributed by atoms with van der Waals surface area (Å²) in [6.45, 7) is 6.11. The average Bonchev–Trinajstić information content (AvgIpc) is 2.42. The largest absolute Gasteiger partial charge is 0.450 e. The number of carbonyl (C=O) groups is 2. The standard InChI is InChI=1S/C14H15NO4/c1-10(2)14(17)18-9-13(16)19-15-11(3)12-7-5-4-6-8-12/h4-8H,1,9H2,2-3H3/b15-11+. The molecule has 0 bridgehead atoms. The van der Waals surface area contributed by atoms with E-state index in [-0.39, 0.29) is 5.57 Å². The summed E-state index contributed by atoms with van der Waals surface area (Å²) >= 11 is 0. The van der Waals surface area contributed by atoms with Crippen LogP contribution in [0.5, 0.6) is 0 Å². The predicted octanol–water partition coefficient (Wildman–Crippen LogP) is 2.07. The Labute approximate surface area is 111 Å². The maximum absolute atomic E-state index is 11.3. The van der Waals surface area contributed by atoms with Crippen LogP contribution in [0.25, 0.3) is 0 Å². The molecule has 5 heteroatoms. The van der Waals surface area contributed by atoms with E-state index in [1.807, 2.05) is 30.3 Å². The van der Waals surface area contributed by atoms with Gasteiger partial charge in [-0.15, -0.1) is 0 Å². The van der Waals surface area contributed by atoms with Gasteiger partial charge in [0.25, 0.3) is 0 Å². The number of rotatable bonds is 5. The second kappa shape index (κ2) is 7.10. The Morgan fingerprint density at radius 3 is 2.42 bits per heavy atom. The minimum absolute atomic E-state index is 0.219. The second-order valence-electron chi connectivity index (χ2n) is 3.86. The molecular formula is C14H15NO4.